The van der Waals surface area contributed by atoms with Crippen molar-refractivity contribution in [3.63, 3.8) is 0 Å². The predicted octanol–water partition coefficient (Wildman–Crippen LogP) is 2.47. The molecule has 0 radical (unpaired) electrons. The molecule has 9 heteroatoms. The van der Waals surface area contributed by atoms with Crippen LogP contribution in [0.25, 0.3) is 5.57 Å². The maximum absolute atomic E-state index is 12.8. The highest BCUT2D eigenvalue weighted by atomic mass is 32.2. The maximum atomic E-state index is 12.8. The van der Waals surface area contributed by atoms with Crippen LogP contribution in [0.1, 0.15) is 21.5 Å². The first kappa shape index (κ1) is 24.0. The molecule has 34 heavy (non-hydrogen) atoms. The summed E-state index contributed by atoms with van der Waals surface area (Å²) in [6.45, 7) is 4.66. The number of morpholine rings is 1. The van der Waals surface area contributed by atoms with E-state index in [2.05, 4.69) is 10.2 Å². The molecule has 0 saturated carbocycles. The molecule has 4 rings (SSSR count). The molecule has 1 fully saturated rings. The average molecular weight is 484 g/mol. The number of likely N-dealkylation sites (N-methyl/N-ethyl adjacent to an activating group) is 1. The summed E-state index contributed by atoms with van der Waals surface area (Å²) in [5.41, 5.74) is 4.53. The molecule has 180 valence electrons. The van der Waals surface area contributed by atoms with Crippen LogP contribution in [-0.4, -0.2) is 75.1 Å². The van der Waals surface area contributed by atoms with Crippen LogP contribution in [0.3, 0.4) is 0 Å². The molecule has 2 heterocycles. The Morgan fingerprint density at radius 2 is 1.88 bits per heavy atom. The van der Waals surface area contributed by atoms with E-state index in [0.29, 0.717) is 32.0 Å². The molecule has 8 nitrogen and oxygen atoms in total. The van der Waals surface area contributed by atoms with Gasteiger partial charge in [-0.2, -0.15) is 0 Å². The van der Waals surface area contributed by atoms with Gasteiger partial charge in [0.15, 0.2) is 16.1 Å². The van der Waals surface area contributed by atoms with E-state index in [4.69, 9.17) is 4.74 Å². The van der Waals surface area contributed by atoms with Gasteiger partial charge in [-0.15, -0.1) is 0 Å². The van der Waals surface area contributed by atoms with Gasteiger partial charge in [0, 0.05) is 43.8 Å². The van der Waals surface area contributed by atoms with Crippen molar-refractivity contribution >= 4 is 27.0 Å². The summed E-state index contributed by atoms with van der Waals surface area (Å²) < 4.78 is 29.1. The molecule has 1 saturated heterocycles. The van der Waals surface area contributed by atoms with E-state index in [0.717, 1.165) is 28.7 Å². The van der Waals surface area contributed by atoms with Crippen LogP contribution in [0.15, 0.2) is 65.3 Å². The number of nitrogens with zero attached hydrogens (tertiary/aromatic N) is 2. The van der Waals surface area contributed by atoms with Gasteiger partial charge in [0.2, 0.25) is 0 Å². The highest BCUT2D eigenvalue weighted by Gasteiger charge is 2.26. The van der Waals surface area contributed by atoms with E-state index in [1.54, 1.807) is 17.0 Å². The van der Waals surface area contributed by atoms with E-state index >= 15 is 0 Å². The average Bonchev–Trinajstić information content (AvgIpc) is 2.82. The van der Waals surface area contributed by atoms with Gasteiger partial charge in [-0.25, -0.2) is 8.42 Å². The normalized spacial score (nSPS) is 18.9. The van der Waals surface area contributed by atoms with Crippen molar-refractivity contribution < 1.29 is 23.1 Å². The summed E-state index contributed by atoms with van der Waals surface area (Å²) >= 11 is 0. The molecule has 1 atom stereocenters. The molecular weight excluding hydrogens is 454 g/mol. The van der Waals surface area contributed by atoms with Crippen molar-refractivity contribution in [3.05, 3.63) is 77.1 Å². The van der Waals surface area contributed by atoms with E-state index in [1.165, 1.54) is 12.1 Å². The van der Waals surface area contributed by atoms with Crippen molar-refractivity contribution in [1.82, 2.24) is 9.80 Å². The molecule has 2 aromatic rings. The zero-order valence-electron chi connectivity index (χ0n) is 19.5. The number of amides is 1. The SMILES string of the molecule is Cc1ccc(NC(=O)c2cccc(S(C)(=O)=O)c2)cc1C1=CN(C)C(O)C(N2CCOCC2)=C1. The third-order valence-corrected chi connectivity index (χ3v) is 7.11. The van der Waals surface area contributed by atoms with Crippen molar-refractivity contribution in [3.8, 4) is 0 Å². The van der Waals surface area contributed by atoms with Crippen LogP contribution < -0.4 is 5.32 Å². The standard InChI is InChI=1S/C25H29N3O5S/c1-17-7-8-20(26-24(29)18-5-4-6-21(13-18)34(3,31)32)15-22(17)19-14-23(25(30)27(2)16-19)28-9-11-33-12-10-28/h4-8,13-16,25,30H,9-12H2,1-3H3,(H,26,29). The first-order valence-corrected chi connectivity index (χ1v) is 12.9. The number of aryl methyl sites for hydroxylation is 1. The van der Waals surface area contributed by atoms with Crippen LogP contribution in [-0.2, 0) is 14.6 Å². The first-order chi connectivity index (χ1) is 16.1. The van der Waals surface area contributed by atoms with Gasteiger partial charge in [-0.1, -0.05) is 12.1 Å². The Kier molecular flexibility index (Phi) is 6.79. The number of hydrogen-bond acceptors (Lipinski definition) is 7. The van der Waals surface area contributed by atoms with Gasteiger partial charge in [0.05, 0.1) is 23.8 Å². The molecule has 2 aliphatic heterocycles. The number of anilines is 1. The van der Waals surface area contributed by atoms with Gasteiger partial charge in [-0.3, -0.25) is 4.79 Å². The minimum atomic E-state index is -3.41. The second kappa shape index (κ2) is 9.61. The first-order valence-electron chi connectivity index (χ1n) is 11.0. The summed E-state index contributed by atoms with van der Waals surface area (Å²) in [5, 5.41) is 13.6. The minimum Gasteiger partial charge on any atom is -0.378 e. The smallest absolute Gasteiger partial charge is 0.255 e. The molecule has 2 N–H and O–H groups in total. The highest BCUT2D eigenvalue weighted by Crippen LogP contribution is 2.31. The van der Waals surface area contributed by atoms with E-state index < -0.39 is 22.0 Å². The number of aliphatic hydroxyl groups excluding tert-OH is 1. The lowest BCUT2D eigenvalue weighted by Gasteiger charge is -2.38. The summed E-state index contributed by atoms with van der Waals surface area (Å²) in [4.78, 5) is 16.8. The largest absolute Gasteiger partial charge is 0.378 e. The Labute approximate surface area is 200 Å². The molecule has 1 amide bonds. The van der Waals surface area contributed by atoms with Gasteiger partial charge in [-0.05, 0) is 60.0 Å². The second-order valence-corrected chi connectivity index (χ2v) is 10.6. The van der Waals surface area contributed by atoms with E-state index in [9.17, 15) is 18.3 Å². The number of allylic oxidation sites excluding steroid dienone is 2. The van der Waals surface area contributed by atoms with Gasteiger partial charge < -0.3 is 25.0 Å². The number of benzene rings is 2. The zero-order chi connectivity index (χ0) is 24.5. The number of sulfone groups is 1. The number of carbonyl (C=O) groups is 1. The number of carbonyl (C=O) groups excluding carboxylic acids is 1. The fraction of sp³-hybridized carbons (Fsp3) is 0.320. The Bertz CT molecular complexity index is 1260. The Morgan fingerprint density at radius 3 is 2.59 bits per heavy atom. The van der Waals surface area contributed by atoms with Gasteiger partial charge in [0.25, 0.3) is 5.91 Å². The van der Waals surface area contributed by atoms with Crippen molar-refractivity contribution in [2.24, 2.45) is 0 Å². The summed E-state index contributed by atoms with van der Waals surface area (Å²) in [6.07, 6.45) is 4.24. The maximum Gasteiger partial charge on any atom is 0.255 e. The molecule has 0 spiro atoms. The van der Waals surface area contributed by atoms with E-state index in [1.807, 2.05) is 44.4 Å². The Balaban J connectivity index is 1.61. The van der Waals surface area contributed by atoms with Crippen molar-refractivity contribution in [1.29, 1.82) is 0 Å². The predicted molar refractivity (Wildman–Crippen MR) is 131 cm³/mol. The van der Waals surface area contributed by atoms with Gasteiger partial charge in [0.1, 0.15) is 0 Å². The van der Waals surface area contributed by atoms with Crippen LogP contribution >= 0.6 is 0 Å². The lowest BCUT2D eigenvalue weighted by molar-refractivity contribution is 0.0128. The minimum absolute atomic E-state index is 0.0967. The van der Waals surface area contributed by atoms with Crippen LogP contribution in [0.5, 0.6) is 0 Å². The molecule has 0 aliphatic carbocycles. The second-order valence-electron chi connectivity index (χ2n) is 8.58. The summed E-state index contributed by atoms with van der Waals surface area (Å²) in [6, 6.07) is 11.6. The van der Waals surface area contributed by atoms with Gasteiger partial charge >= 0.3 is 0 Å². The van der Waals surface area contributed by atoms with E-state index in [-0.39, 0.29) is 10.5 Å². The highest BCUT2D eigenvalue weighted by molar-refractivity contribution is 7.90. The van der Waals surface area contributed by atoms with Crippen molar-refractivity contribution in [2.75, 3.05) is 44.9 Å². The Morgan fingerprint density at radius 1 is 1.15 bits per heavy atom. The quantitative estimate of drug-likeness (QED) is 0.674. The topological polar surface area (TPSA) is 99.2 Å². The number of hydrogen-bond donors (Lipinski definition) is 2. The molecule has 0 bridgehead atoms. The fourth-order valence-corrected chi connectivity index (χ4v) is 4.74. The molecule has 1 unspecified atom stereocenters. The molecule has 2 aliphatic rings. The van der Waals surface area contributed by atoms with Crippen LogP contribution in [0.4, 0.5) is 5.69 Å². The number of aliphatic hydroxyl groups is 1. The molecule has 2 aromatic carbocycles. The van der Waals surface area contributed by atoms with Crippen LogP contribution in [0.2, 0.25) is 0 Å². The van der Waals surface area contributed by atoms with Crippen LogP contribution in [0, 0.1) is 6.92 Å². The monoisotopic (exact) mass is 483 g/mol. The third kappa shape index (κ3) is 5.16. The lowest BCUT2D eigenvalue weighted by Crippen LogP contribution is -2.44. The third-order valence-electron chi connectivity index (χ3n) is 6.00. The zero-order valence-corrected chi connectivity index (χ0v) is 20.3. The number of nitrogens with one attached hydrogen (secondary N) is 1. The molecular formula is C25H29N3O5S. The molecule has 0 aromatic heterocycles. The Hall–Kier alpha value is -3.14. The lowest BCUT2D eigenvalue weighted by atomic mass is 9.97. The fourth-order valence-electron chi connectivity index (χ4n) is 4.08. The van der Waals surface area contributed by atoms with Crippen molar-refractivity contribution in [2.45, 2.75) is 18.0 Å². The summed E-state index contributed by atoms with van der Waals surface area (Å²) in [7, 11) is -1.59. The number of ether oxygens (including phenoxy) is 1. The summed E-state index contributed by atoms with van der Waals surface area (Å²) in [5.74, 6) is -0.394. The number of rotatable bonds is 5.